The van der Waals surface area contributed by atoms with Gasteiger partial charge in [-0.05, 0) is 37.9 Å². The molecule has 0 atom stereocenters. The van der Waals surface area contributed by atoms with E-state index in [0.29, 0.717) is 12.2 Å². The van der Waals surface area contributed by atoms with Crippen LogP contribution in [-0.2, 0) is 0 Å². The molecule has 1 aromatic rings. The van der Waals surface area contributed by atoms with Crippen molar-refractivity contribution >= 4 is 17.7 Å². The van der Waals surface area contributed by atoms with E-state index >= 15 is 0 Å². The first-order chi connectivity index (χ1) is 9.02. The van der Waals surface area contributed by atoms with Crippen LogP contribution in [0.2, 0.25) is 0 Å². The van der Waals surface area contributed by atoms with Gasteiger partial charge in [-0.25, -0.2) is 9.59 Å². The lowest BCUT2D eigenvalue weighted by atomic mass is 10.2. The number of carboxylic acid groups (broad SMARTS) is 1. The Hall–Kier alpha value is -2.08. The highest BCUT2D eigenvalue weighted by Gasteiger charge is 2.04. The normalized spacial score (nSPS) is 10.3. The van der Waals surface area contributed by atoms with Crippen LogP contribution in [0.25, 0.3) is 0 Å². The van der Waals surface area contributed by atoms with E-state index in [1.165, 1.54) is 12.1 Å². The Kier molecular flexibility index (Phi) is 5.81. The van der Waals surface area contributed by atoms with Crippen molar-refractivity contribution < 1.29 is 14.7 Å². The standard InChI is InChI=1S/C13H19N3O3/c1-3-16(2)9-8-14-13(19)15-11-6-4-10(5-7-11)12(17)18/h4-7H,3,8-9H2,1-2H3,(H,17,18)(H2,14,15,19). The second-order valence-corrected chi connectivity index (χ2v) is 4.16. The average Bonchev–Trinajstić information content (AvgIpc) is 2.39. The molecule has 104 valence electrons. The minimum absolute atomic E-state index is 0.190. The van der Waals surface area contributed by atoms with E-state index in [1.54, 1.807) is 12.1 Å². The van der Waals surface area contributed by atoms with Gasteiger partial charge in [0.25, 0.3) is 0 Å². The minimum atomic E-state index is -0.987. The lowest BCUT2D eigenvalue weighted by Gasteiger charge is -2.14. The third-order valence-corrected chi connectivity index (χ3v) is 2.71. The highest BCUT2D eigenvalue weighted by Crippen LogP contribution is 2.09. The van der Waals surface area contributed by atoms with Gasteiger partial charge in [0, 0.05) is 18.8 Å². The zero-order chi connectivity index (χ0) is 14.3. The van der Waals surface area contributed by atoms with Crippen LogP contribution in [0.3, 0.4) is 0 Å². The summed E-state index contributed by atoms with van der Waals surface area (Å²) in [5, 5.41) is 14.1. The van der Waals surface area contributed by atoms with Gasteiger partial charge in [-0.15, -0.1) is 0 Å². The second kappa shape index (κ2) is 7.38. The number of hydrogen-bond acceptors (Lipinski definition) is 3. The Morgan fingerprint density at radius 3 is 2.42 bits per heavy atom. The Morgan fingerprint density at radius 1 is 1.26 bits per heavy atom. The second-order valence-electron chi connectivity index (χ2n) is 4.16. The van der Waals surface area contributed by atoms with Gasteiger partial charge in [0.1, 0.15) is 0 Å². The van der Waals surface area contributed by atoms with Crippen molar-refractivity contribution in [2.24, 2.45) is 0 Å². The molecule has 1 rings (SSSR count). The molecule has 0 unspecified atom stereocenters. The molecule has 1 aromatic carbocycles. The van der Waals surface area contributed by atoms with E-state index in [9.17, 15) is 9.59 Å². The summed E-state index contributed by atoms with van der Waals surface area (Å²) >= 11 is 0. The Morgan fingerprint density at radius 2 is 1.89 bits per heavy atom. The maximum atomic E-state index is 11.5. The average molecular weight is 265 g/mol. The molecule has 0 aliphatic carbocycles. The molecule has 2 amide bonds. The van der Waals surface area contributed by atoms with Crippen LogP contribution in [0.1, 0.15) is 17.3 Å². The van der Waals surface area contributed by atoms with Crippen molar-refractivity contribution in [2.45, 2.75) is 6.92 Å². The van der Waals surface area contributed by atoms with Crippen molar-refractivity contribution in [1.82, 2.24) is 10.2 Å². The first kappa shape index (κ1) is 15.0. The molecule has 0 fully saturated rings. The SMILES string of the molecule is CCN(C)CCNC(=O)Nc1ccc(C(=O)O)cc1. The largest absolute Gasteiger partial charge is 0.478 e. The van der Waals surface area contributed by atoms with Gasteiger partial charge in [-0.2, -0.15) is 0 Å². The van der Waals surface area contributed by atoms with E-state index < -0.39 is 5.97 Å². The highest BCUT2D eigenvalue weighted by atomic mass is 16.4. The van der Waals surface area contributed by atoms with Gasteiger partial charge in [0.15, 0.2) is 0 Å². The molecular weight excluding hydrogens is 246 g/mol. The van der Waals surface area contributed by atoms with Crippen LogP contribution in [0, 0.1) is 0 Å². The number of nitrogens with one attached hydrogen (secondary N) is 2. The van der Waals surface area contributed by atoms with Gasteiger partial charge >= 0.3 is 12.0 Å². The molecule has 0 saturated carbocycles. The predicted octanol–water partition coefficient (Wildman–Crippen LogP) is 1.46. The molecular formula is C13H19N3O3. The van der Waals surface area contributed by atoms with Gasteiger partial charge in [0.2, 0.25) is 0 Å². The fourth-order valence-electron chi connectivity index (χ4n) is 1.39. The number of anilines is 1. The van der Waals surface area contributed by atoms with Crippen molar-refractivity contribution in [1.29, 1.82) is 0 Å². The number of carbonyl (C=O) groups is 2. The molecule has 0 aliphatic heterocycles. The van der Waals surface area contributed by atoms with Crippen LogP contribution >= 0.6 is 0 Å². The summed E-state index contributed by atoms with van der Waals surface area (Å²) in [6.07, 6.45) is 0. The van der Waals surface area contributed by atoms with Crippen molar-refractivity contribution in [3.63, 3.8) is 0 Å². The molecule has 6 nitrogen and oxygen atoms in total. The summed E-state index contributed by atoms with van der Waals surface area (Å²) in [4.78, 5) is 24.3. The molecule has 0 radical (unpaired) electrons. The molecule has 0 bridgehead atoms. The minimum Gasteiger partial charge on any atom is -0.478 e. The Labute approximate surface area is 112 Å². The highest BCUT2D eigenvalue weighted by molar-refractivity contribution is 5.91. The van der Waals surface area contributed by atoms with Crippen molar-refractivity contribution in [3.05, 3.63) is 29.8 Å². The number of benzene rings is 1. The number of nitrogens with zero attached hydrogens (tertiary/aromatic N) is 1. The summed E-state index contributed by atoms with van der Waals surface area (Å²) in [6.45, 7) is 4.31. The molecule has 0 aliphatic rings. The van der Waals surface area contributed by atoms with E-state index in [0.717, 1.165) is 13.1 Å². The predicted molar refractivity (Wildman–Crippen MR) is 73.6 cm³/mol. The Balaban J connectivity index is 2.38. The van der Waals surface area contributed by atoms with Gasteiger partial charge in [-0.3, -0.25) is 0 Å². The lowest BCUT2D eigenvalue weighted by molar-refractivity contribution is 0.0697. The first-order valence-electron chi connectivity index (χ1n) is 6.09. The summed E-state index contributed by atoms with van der Waals surface area (Å²) in [6, 6.07) is 5.71. The fourth-order valence-corrected chi connectivity index (χ4v) is 1.39. The number of urea groups is 1. The number of carbonyl (C=O) groups excluding carboxylic acids is 1. The number of likely N-dealkylation sites (N-methyl/N-ethyl adjacent to an activating group) is 1. The molecule has 19 heavy (non-hydrogen) atoms. The fraction of sp³-hybridized carbons (Fsp3) is 0.385. The summed E-state index contributed by atoms with van der Waals surface area (Å²) in [5.41, 5.74) is 0.752. The number of amides is 2. The van der Waals surface area contributed by atoms with Crippen LogP contribution in [0.5, 0.6) is 0 Å². The smallest absolute Gasteiger partial charge is 0.335 e. The first-order valence-corrected chi connectivity index (χ1v) is 6.09. The van der Waals surface area contributed by atoms with Gasteiger partial charge in [-0.1, -0.05) is 6.92 Å². The molecule has 0 saturated heterocycles. The van der Waals surface area contributed by atoms with Crippen LogP contribution in [0.4, 0.5) is 10.5 Å². The number of rotatable bonds is 6. The molecule has 6 heteroatoms. The van der Waals surface area contributed by atoms with E-state index in [1.807, 2.05) is 14.0 Å². The Bertz CT molecular complexity index is 431. The number of aromatic carboxylic acids is 1. The van der Waals surface area contributed by atoms with Crippen LogP contribution < -0.4 is 10.6 Å². The molecule has 3 N–H and O–H groups in total. The third kappa shape index (κ3) is 5.39. The van der Waals surface area contributed by atoms with Gasteiger partial charge in [0.05, 0.1) is 5.56 Å². The van der Waals surface area contributed by atoms with Crippen LogP contribution in [0.15, 0.2) is 24.3 Å². The number of hydrogen-bond donors (Lipinski definition) is 3. The quantitative estimate of drug-likeness (QED) is 0.727. The monoisotopic (exact) mass is 265 g/mol. The summed E-state index contributed by atoms with van der Waals surface area (Å²) < 4.78 is 0. The van der Waals surface area contributed by atoms with Crippen LogP contribution in [-0.4, -0.2) is 48.7 Å². The molecule has 0 aromatic heterocycles. The van der Waals surface area contributed by atoms with Crippen molar-refractivity contribution in [3.8, 4) is 0 Å². The van der Waals surface area contributed by atoms with Crippen molar-refractivity contribution in [2.75, 3.05) is 32.0 Å². The maximum absolute atomic E-state index is 11.5. The van der Waals surface area contributed by atoms with E-state index in [2.05, 4.69) is 15.5 Å². The summed E-state index contributed by atoms with van der Waals surface area (Å²) in [5.74, 6) is -0.987. The topological polar surface area (TPSA) is 81.7 Å². The van der Waals surface area contributed by atoms with E-state index in [-0.39, 0.29) is 11.6 Å². The molecule has 0 heterocycles. The van der Waals surface area contributed by atoms with E-state index in [4.69, 9.17) is 5.11 Å². The maximum Gasteiger partial charge on any atom is 0.335 e. The summed E-state index contributed by atoms with van der Waals surface area (Å²) in [7, 11) is 1.98. The van der Waals surface area contributed by atoms with Gasteiger partial charge < -0.3 is 20.6 Å². The molecule has 0 spiro atoms. The zero-order valence-electron chi connectivity index (χ0n) is 11.1. The lowest BCUT2D eigenvalue weighted by Crippen LogP contribution is -2.35. The number of carboxylic acids is 1. The zero-order valence-corrected chi connectivity index (χ0v) is 11.1. The third-order valence-electron chi connectivity index (χ3n) is 2.71.